The monoisotopic (exact) mass is 244 g/mol. The Bertz CT molecular complexity index is 256. The van der Waals surface area contributed by atoms with Crippen LogP contribution in [-0.4, -0.2) is 35.6 Å². The van der Waals surface area contributed by atoms with E-state index < -0.39 is 0 Å². The fraction of sp³-hybridized carbons (Fsp3) is 0.818. The largest absolute Gasteiger partial charge is 0.409 e. The molecule has 6 heteroatoms. The van der Waals surface area contributed by atoms with Crippen molar-refractivity contribution in [3.05, 3.63) is 0 Å². The lowest BCUT2D eigenvalue weighted by Gasteiger charge is -2.16. The number of hydrogen-bond acceptors (Lipinski definition) is 4. The van der Waals surface area contributed by atoms with Crippen LogP contribution < -0.4 is 16.4 Å². The van der Waals surface area contributed by atoms with Crippen molar-refractivity contribution in [3.63, 3.8) is 0 Å². The van der Waals surface area contributed by atoms with Crippen molar-refractivity contribution in [2.45, 2.75) is 52.1 Å². The molecule has 0 rings (SSSR count). The van der Waals surface area contributed by atoms with Crippen LogP contribution in [0.15, 0.2) is 5.16 Å². The number of amidine groups is 1. The van der Waals surface area contributed by atoms with E-state index in [0.717, 1.165) is 6.42 Å². The average molecular weight is 244 g/mol. The predicted octanol–water partition coefficient (Wildman–Crippen LogP) is 0.406. The van der Waals surface area contributed by atoms with E-state index in [1.807, 2.05) is 20.8 Å². The lowest BCUT2D eigenvalue weighted by Crippen LogP contribution is -2.43. The number of amides is 1. The number of nitrogens with one attached hydrogen (secondary N) is 2. The van der Waals surface area contributed by atoms with E-state index in [4.69, 9.17) is 10.9 Å². The van der Waals surface area contributed by atoms with E-state index in [1.54, 1.807) is 0 Å². The summed E-state index contributed by atoms with van der Waals surface area (Å²) in [5, 5.41) is 17.4. The Balaban J connectivity index is 3.85. The van der Waals surface area contributed by atoms with Crippen LogP contribution in [0.4, 0.5) is 0 Å². The number of nitrogens with two attached hydrogens (primary N) is 1. The molecule has 0 aromatic heterocycles. The first-order valence-electron chi connectivity index (χ1n) is 6.05. The summed E-state index contributed by atoms with van der Waals surface area (Å²) in [4.78, 5) is 11.5. The first-order chi connectivity index (χ1) is 8.04. The van der Waals surface area contributed by atoms with Gasteiger partial charge in [0.15, 0.2) is 5.84 Å². The highest BCUT2D eigenvalue weighted by Crippen LogP contribution is 1.93. The zero-order valence-corrected chi connectivity index (χ0v) is 10.9. The molecule has 0 radical (unpaired) electrons. The van der Waals surface area contributed by atoms with E-state index in [1.165, 1.54) is 0 Å². The molecule has 0 aliphatic heterocycles. The summed E-state index contributed by atoms with van der Waals surface area (Å²) in [6.45, 7) is 6.43. The predicted molar refractivity (Wildman–Crippen MR) is 68.0 cm³/mol. The number of nitrogens with zero attached hydrogens (tertiary/aromatic N) is 1. The first-order valence-corrected chi connectivity index (χ1v) is 6.05. The normalized spacial score (nSPS) is 15.4. The summed E-state index contributed by atoms with van der Waals surface area (Å²) in [6, 6.07) is 0.0185. The van der Waals surface area contributed by atoms with E-state index >= 15 is 0 Å². The lowest BCUT2D eigenvalue weighted by atomic mass is 10.2. The van der Waals surface area contributed by atoms with Gasteiger partial charge in [-0.2, -0.15) is 0 Å². The average Bonchev–Trinajstić information content (AvgIpc) is 2.33. The second-order valence-electron chi connectivity index (χ2n) is 4.07. The van der Waals surface area contributed by atoms with Crippen molar-refractivity contribution in [2.24, 2.45) is 10.9 Å². The van der Waals surface area contributed by atoms with Gasteiger partial charge in [0.25, 0.3) is 0 Å². The zero-order chi connectivity index (χ0) is 13.3. The molecule has 0 heterocycles. The highest BCUT2D eigenvalue weighted by Gasteiger charge is 2.11. The lowest BCUT2D eigenvalue weighted by molar-refractivity contribution is -0.121. The molecule has 17 heavy (non-hydrogen) atoms. The smallest absolute Gasteiger partial charge is 0.221 e. The Hall–Kier alpha value is -1.30. The highest BCUT2D eigenvalue weighted by atomic mass is 16.4. The number of rotatable bonds is 8. The van der Waals surface area contributed by atoms with Crippen LogP contribution in [0, 0.1) is 0 Å². The van der Waals surface area contributed by atoms with Crippen LogP contribution in [0.1, 0.15) is 40.0 Å². The Morgan fingerprint density at radius 1 is 1.41 bits per heavy atom. The third kappa shape index (κ3) is 6.78. The molecular weight excluding hydrogens is 220 g/mol. The molecule has 0 saturated heterocycles. The molecular formula is C11H24N4O2. The molecule has 0 aliphatic carbocycles. The molecule has 5 N–H and O–H groups in total. The Morgan fingerprint density at radius 3 is 2.53 bits per heavy atom. The van der Waals surface area contributed by atoms with Crippen molar-refractivity contribution in [2.75, 3.05) is 6.54 Å². The molecule has 0 aliphatic rings. The molecule has 0 saturated carbocycles. The van der Waals surface area contributed by atoms with Gasteiger partial charge in [0, 0.05) is 19.0 Å². The van der Waals surface area contributed by atoms with Crippen LogP contribution in [0.2, 0.25) is 0 Å². The molecule has 0 spiro atoms. The van der Waals surface area contributed by atoms with Crippen molar-refractivity contribution in [1.29, 1.82) is 0 Å². The minimum absolute atomic E-state index is 0.0150. The zero-order valence-electron chi connectivity index (χ0n) is 10.9. The topological polar surface area (TPSA) is 99.7 Å². The van der Waals surface area contributed by atoms with Crippen molar-refractivity contribution in [1.82, 2.24) is 10.6 Å². The van der Waals surface area contributed by atoms with Gasteiger partial charge in [-0.25, -0.2) is 0 Å². The third-order valence-electron chi connectivity index (χ3n) is 2.64. The summed E-state index contributed by atoms with van der Waals surface area (Å²) < 4.78 is 0. The molecule has 6 nitrogen and oxygen atoms in total. The minimum Gasteiger partial charge on any atom is -0.409 e. The maximum Gasteiger partial charge on any atom is 0.221 e. The van der Waals surface area contributed by atoms with Crippen molar-refractivity contribution < 1.29 is 10.0 Å². The molecule has 0 aromatic carbocycles. The van der Waals surface area contributed by atoms with Crippen LogP contribution in [0.5, 0.6) is 0 Å². The standard InChI is InChI=1S/C11H24N4O2/c1-4-8(3)14-10(16)6-7-13-9(5-2)11(12)15-17/h8-9,13,17H,4-7H2,1-3H3,(H2,12,15)(H,14,16). The quantitative estimate of drug-likeness (QED) is 0.215. The summed E-state index contributed by atoms with van der Waals surface area (Å²) in [5.74, 6) is 0.163. The molecule has 0 fully saturated rings. The fourth-order valence-electron chi connectivity index (χ4n) is 1.34. The minimum atomic E-state index is -0.184. The van der Waals surface area contributed by atoms with Gasteiger partial charge in [0.1, 0.15) is 0 Å². The van der Waals surface area contributed by atoms with Gasteiger partial charge in [-0.3, -0.25) is 4.79 Å². The molecule has 2 atom stereocenters. The van der Waals surface area contributed by atoms with E-state index in [-0.39, 0.29) is 23.8 Å². The van der Waals surface area contributed by atoms with E-state index in [9.17, 15) is 4.79 Å². The van der Waals surface area contributed by atoms with E-state index in [2.05, 4.69) is 15.8 Å². The van der Waals surface area contributed by atoms with Crippen LogP contribution in [0.3, 0.4) is 0 Å². The van der Waals surface area contributed by atoms with Gasteiger partial charge >= 0.3 is 0 Å². The summed E-state index contributed by atoms with van der Waals surface area (Å²) in [6.07, 6.45) is 2.02. The van der Waals surface area contributed by atoms with Crippen LogP contribution >= 0.6 is 0 Å². The summed E-state index contributed by atoms with van der Waals surface area (Å²) in [5.41, 5.74) is 5.48. The molecule has 0 bridgehead atoms. The Kier molecular flexibility index (Phi) is 8.13. The second-order valence-corrected chi connectivity index (χ2v) is 4.07. The molecule has 100 valence electrons. The number of hydrogen-bond donors (Lipinski definition) is 4. The Morgan fingerprint density at radius 2 is 2.06 bits per heavy atom. The van der Waals surface area contributed by atoms with Crippen LogP contribution in [0.25, 0.3) is 0 Å². The number of carbonyl (C=O) groups is 1. The van der Waals surface area contributed by atoms with Gasteiger partial charge in [-0.05, 0) is 19.8 Å². The SMILES string of the molecule is CCC(C)NC(=O)CCNC(CC)C(N)=NO. The van der Waals surface area contributed by atoms with Gasteiger partial charge < -0.3 is 21.6 Å². The molecule has 0 aromatic rings. The maximum absolute atomic E-state index is 11.5. The van der Waals surface area contributed by atoms with Gasteiger partial charge in [-0.1, -0.05) is 19.0 Å². The van der Waals surface area contributed by atoms with Gasteiger partial charge in [-0.15, -0.1) is 0 Å². The first kappa shape index (κ1) is 15.7. The van der Waals surface area contributed by atoms with Gasteiger partial charge in [0.2, 0.25) is 5.91 Å². The van der Waals surface area contributed by atoms with Gasteiger partial charge in [0.05, 0.1) is 6.04 Å². The molecule has 2 unspecified atom stereocenters. The maximum atomic E-state index is 11.5. The third-order valence-corrected chi connectivity index (χ3v) is 2.64. The van der Waals surface area contributed by atoms with E-state index in [0.29, 0.717) is 19.4 Å². The highest BCUT2D eigenvalue weighted by molar-refractivity contribution is 5.85. The summed E-state index contributed by atoms with van der Waals surface area (Å²) >= 11 is 0. The van der Waals surface area contributed by atoms with Crippen molar-refractivity contribution in [3.8, 4) is 0 Å². The van der Waals surface area contributed by atoms with Crippen molar-refractivity contribution >= 4 is 11.7 Å². The van der Waals surface area contributed by atoms with Crippen LogP contribution in [-0.2, 0) is 4.79 Å². The number of carbonyl (C=O) groups excluding carboxylic acids is 1. The number of oxime groups is 1. The Labute approximate surface area is 103 Å². The second kappa shape index (κ2) is 8.81. The summed E-state index contributed by atoms with van der Waals surface area (Å²) in [7, 11) is 0. The fourth-order valence-corrected chi connectivity index (χ4v) is 1.34. The molecule has 1 amide bonds.